The molecule has 0 unspecified atom stereocenters. The van der Waals surface area contributed by atoms with E-state index in [2.05, 4.69) is 6.92 Å². The van der Waals surface area contributed by atoms with Gasteiger partial charge in [-0.1, -0.05) is 18.5 Å². The van der Waals surface area contributed by atoms with Gasteiger partial charge in [-0.15, -0.1) is 0 Å². The zero-order valence-corrected chi connectivity index (χ0v) is 10.6. The molecule has 1 aromatic rings. The first-order valence-corrected chi connectivity index (χ1v) is 6.27. The lowest BCUT2D eigenvalue weighted by Gasteiger charge is -2.08. The molecule has 90 valence electrons. The molecule has 0 aromatic heterocycles. The van der Waals surface area contributed by atoms with Gasteiger partial charge in [-0.3, -0.25) is 0 Å². The van der Waals surface area contributed by atoms with Crippen LogP contribution in [0.4, 0.5) is 0 Å². The number of benzene rings is 1. The quantitative estimate of drug-likeness (QED) is 0.743. The normalized spacial score (nSPS) is 10.4. The molecule has 0 fully saturated rings. The van der Waals surface area contributed by atoms with Crippen molar-refractivity contribution in [2.75, 3.05) is 13.2 Å². The van der Waals surface area contributed by atoms with Gasteiger partial charge in [-0.2, -0.15) is 0 Å². The molecule has 0 aliphatic carbocycles. The van der Waals surface area contributed by atoms with Crippen LogP contribution in [-0.2, 0) is 6.42 Å². The van der Waals surface area contributed by atoms with E-state index < -0.39 is 0 Å². The molecular formula is C13H20ClNO. The third-order valence-electron chi connectivity index (χ3n) is 2.52. The molecule has 2 N–H and O–H groups in total. The smallest absolute Gasteiger partial charge is 0.119 e. The molecule has 2 nitrogen and oxygen atoms in total. The van der Waals surface area contributed by atoms with Gasteiger partial charge in [0.05, 0.1) is 6.61 Å². The number of nitrogens with two attached hydrogens (primary N) is 1. The zero-order valence-electron chi connectivity index (χ0n) is 9.84. The molecule has 0 spiro atoms. The number of hydrogen-bond donors (Lipinski definition) is 1. The molecule has 0 atom stereocenters. The Morgan fingerprint density at radius 3 is 2.75 bits per heavy atom. The van der Waals surface area contributed by atoms with Crippen LogP contribution in [0.1, 0.15) is 31.7 Å². The van der Waals surface area contributed by atoms with Gasteiger partial charge in [-0.25, -0.2) is 0 Å². The van der Waals surface area contributed by atoms with E-state index in [1.807, 2.05) is 18.2 Å². The van der Waals surface area contributed by atoms with Crippen molar-refractivity contribution in [3.63, 3.8) is 0 Å². The Bertz CT molecular complexity index is 315. The first-order valence-electron chi connectivity index (χ1n) is 5.89. The van der Waals surface area contributed by atoms with Crippen molar-refractivity contribution in [3.05, 3.63) is 28.8 Å². The summed E-state index contributed by atoms with van der Waals surface area (Å²) >= 11 is 6.03. The maximum Gasteiger partial charge on any atom is 0.119 e. The van der Waals surface area contributed by atoms with E-state index in [1.54, 1.807) is 0 Å². The topological polar surface area (TPSA) is 35.2 Å². The van der Waals surface area contributed by atoms with Gasteiger partial charge in [-0.05, 0) is 56.0 Å². The van der Waals surface area contributed by atoms with E-state index in [-0.39, 0.29) is 0 Å². The SMILES string of the molecule is CCc1cc(OCCCCCN)ccc1Cl. The highest BCUT2D eigenvalue weighted by Crippen LogP contribution is 2.22. The van der Waals surface area contributed by atoms with Crippen molar-refractivity contribution in [2.24, 2.45) is 5.73 Å². The average molecular weight is 242 g/mol. The Hall–Kier alpha value is -0.730. The van der Waals surface area contributed by atoms with Crippen molar-refractivity contribution in [1.29, 1.82) is 0 Å². The number of rotatable bonds is 7. The number of ether oxygens (including phenoxy) is 1. The summed E-state index contributed by atoms with van der Waals surface area (Å²) in [6.07, 6.45) is 4.19. The lowest BCUT2D eigenvalue weighted by molar-refractivity contribution is 0.305. The van der Waals surface area contributed by atoms with Crippen LogP contribution in [0.25, 0.3) is 0 Å². The van der Waals surface area contributed by atoms with Gasteiger partial charge in [0.2, 0.25) is 0 Å². The summed E-state index contributed by atoms with van der Waals surface area (Å²) in [4.78, 5) is 0. The molecule has 16 heavy (non-hydrogen) atoms. The molecule has 0 heterocycles. The molecule has 0 amide bonds. The fourth-order valence-corrected chi connectivity index (χ4v) is 1.78. The van der Waals surface area contributed by atoms with E-state index in [4.69, 9.17) is 22.1 Å². The lowest BCUT2D eigenvalue weighted by Crippen LogP contribution is -2.01. The Balaban J connectivity index is 2.36. The predicted octanol–water partition coefficient (Wildman–Crippen LogP) is 3.41. The number of unbranched alkanes of at least 4 members (excludes halogenated alkanes) is 2. The maximum absolute atomic E-state index is 6.03. The number of hydrogen-bond acceptors (Lipinski definition) is 2. The van der Waals surface area contributed by atoms with Crippen LogP contribution in [0.15, 0.2) is 18.2 Å². The van der Waals surface area contributed by atoms with Crippen LogP contribution >= 0.6 is 11.6 Å². The van der Waals surface area contributed by atoms with Crippen molar-refractivity contribution in [2.45, 2.75) is 32.6 Å². The minimum absolute atomic E-state index is 0.755. The van der Waals surface area contributed by atoms with Crippen LogP contribution in [0, 0.1) is 0 Å². The number of aryl methyl sites for hydroxylation is 1. The van der Waals surface area contributed by atoms with Crippen molar-refractivity contribution < 1.29 is 4.74 Å². The fraction of sp³-hybridized carbons (Fsp3) is 0.538. The van der Waals surface area contributed by atoms with E-state index in [1.165, 1.54) is 0 Å². The summed E-state index contributed by atoms with van der Waals surface area (Å²) in [5.74, 6) is 0.911. The van der Waals surface area contributed by atoms with E-state index >= 15 is 0 Å². The van der Waals surface area contributed by atoms with Crippen molar-refractivity contribution >= 4 is 11.6 Å². The monoisotopic (exact) mass is 241 g/mol. The maximum atomic E-state index is 6.03. The Labute approximate surface area is 103 Å². The second-order valence-electron chi connectivity index (χ2n) is 3.80. The average Bonchev–Trinajstić information content (AvgIpc) is 2.31. The van der Waals surface area contributed by atoms with E-state index in [0.717, 1.165) is 55.2 Å². The Morgan fingerprint density at radius 2 is 2.06 bits per heavy atom. The summed E-state index contributed by atoms with van der Waals surface area (Å²) in [5.41, 5.74) is 6.56. The summed E-state index contributed by atoms with van der Waals surface area (Å²) in [7, 11) is 0. The highest BCUT2D eigenvalue weighted by Gasteiger charge is 2.00. The van der Waals surface area contributed by atoms with Gasteiger partial charge in [0.15, 0.2) is 0 Å². The minimum Gasteiger partial charge on any atom is -0.494 e. The largest absolute Gasteiger partial charge is 0.494 e. The second kappa shape index (κ2) is 7.53. The van der Waals surface area contributed by atoms with Crippen LogP contribution in [-0.4, -0.2) is 13.2 Å². The minimum atomic E-state index is 0.755. The van der Waals surface area contributed by atoms with Crippen molar-refractivity contribution in [3.8, 4) is 5.75 Å². The van der Waals surface area contributed by atoms with Gasteiger partial charge in [0, 0.05) is 5.02 Å². The molecule has 0 bridgehead atoms. The number of halogens is 1. The summed E-state index contributed by atoms with van der Waals surface area (Å²) in [6.45, 7) is 3.61. The molecule has 0 aliphatic rings. The Kier molecular flexibility index (Phi) is 6.27. The highest BCUT2D eigenvalue weighted by molar-refractivity contribution is 6.31. The van der Waals surface area contributed by atoms with Crippen LogP contribution in [0.2, 0.25) is 5.02 Å². The van der Waals surface area contributed by atoms with Gasteiger partial charge >= 0.3 is 0 Å². The van der Waals surface area contributed by atoms with Gasteiger partial charge in [0.25, 0.3) is 0 Å². The van der Waals surface area contributed by atoms with E-state index in [0.29, 0.717) is 0 Å². The van der Waals surface area contributed by atoms with Gasteiger partial charge in [0.1, 0.15) is 5.75 Å². The molecule has 1 aromatic carbocycles. The summed E-state index contributed by atoms with van der Waals surface area (Å²) in [6, 6.07) is 5.84. The van der Waals surface area contributed by atoms with Gasteiger partial charge < -0.3 is 10.5 Å². The predicted molar refractivity (Wildman–Crippen MR) is 69.2 cm³/mol. The molecule has 0 saturated carbocycles. The summed E-state index contributed by atoms with van der Waals surface area (Å²) in [5, 5.41) is 0.818. The third-order valence-corrected chi connectivity index (χ3v) is 2.88. The highest BCUT2D eigenvalue weighted by atomic mass is 35.5. The molecule has 0 aliphatic heterocycles. The van der Waals surface area contributed by atoms with Crippen LogP contribution in [0.5, 0.6) is 5.75 Å². The molecule has 0 saturated heterocycles. The standard InChI is InChI=1S/C13H20ClNO/c1-2-11-10-12(6-7-13(11)14)16-9-5-3-4-8-15/h6-7,10H,2-5,8-9,15H2,1H3. The molecule has 1 rings (SSSR count). The molecular weight excluding hydrogens is 222 g/mol. The second-order valence-corrected chi connectivity index (χ2v) is 4.21. The molecule has 3 heteroatoms. The molecule has 0 radical (unpaired) electrons. The lowest BCUT2D eigenvalue weighted by atomic mass is 10.1. The zero-order chi connectivity index (χ0) is 11.8. The first kappa shape index (κ1) is 13.3. The van der Waals surface area contributed by atoms with Crippen molar-refractivity contribution in [1.82, 2.24) is 0 Å². The summed E-state index contributed by atoms with van der Waals surface area (Å²) < 4.78 is 5.65. The van der Waals surface area contributed by atoms with E-state index in [9.17, 15) is 0 Å². The van der Waals surface area contributed by atoms with Crippen LogP contribution < -0.4 is 10.5 Å². The third kappa shape index (κ3) is 4.42. The Morgan fingerprint density at radius 1 is 1.25 bits per heavy atom. The first-order chi connectivity index (χ1) is 7.77. The fourth-order valence-electron chi connectivity index (χ4n) is 1.53. The van der Waals surface area contributed by atoms with Crippen LogP contribution in [0.3, 0.4) is 0 Å².